The van der Waals surface area contributed by atoms with Gasteiger partial charge in [-0.2, -0.15) is 4.31 Å². The topological polar surface area (TPSA) is 81.9 Å². The Hall–Kier alpha value is -2.06. The summed E-state index contributed by atoms with van der Waals surface area (Å²) in [6.45, 7) is 3.84. The van der Waals surface area contributed by atoms with Crippen LogP contribution in [0.15, 0.2) is 27.6 Å². The molecule has 0 fully saturated rings. The fourth-order valence-electron chi connectivity index (χ4n) is 2.25. The Morgan fingerprint density at radius 2 is 1.95 bits per heavy atom. The molecule has 0 saturated heterocycles. The minimum absolute atomic E-state index is 0.105. The third-order valence-electron chi connectivity index (χ3n) is 3.61. The van der Waals surface area contributed by atoms with Gasteiger partial charge in [0.1, 0.15) is 5.76 Å². The van der Waals surface area contributed by atoms with Crippen LogP contribution in [0.4, 0.5) is 0 Å². The molecule has 22 heavy (non-hydrogen) atoms. The maximum absolute atomic E-state index is 12.7. The number of fused-ring (bicyclic) bond motifs is 1. The molecule has 1 aliphatic rings. The van der Waals surface area contributed by atoms with E-state index in [1.54, 1.807) is 19.9 Å². The fourth-order valence-corrected chi connectivity index (χ4v) is 3.41. The molecule has 0 amide bonds. The van der Waals surface area contributed by atoms with Crippen molar-refractivity contribution in [3.63, 3.8) is 0 Å². The number of nitrogens with zero attached hydrogens (tertiary/aromatic N) is 2. The molecule has 8 heteroatoms. The summed E-state index contributed by atoms with van der Waals surface area (Å²) in [6.07, 6.45) is 0. The predicted octanol–water partition coefficient (Wildman–Crippen LogP) is 1.84. The Bertz CT molecular complexity index is 793. The van der Waals surface area contributed by atoms with E-state index in [2.05, 4.69) is 5.16 Å². The Labute approximate surface area is 128 Å². The molecule has 2 heterocycles. The van der Waals surface area contributed by atoms with Gasteiger partial charge in [0.15, 0.2) is 11.5 Å². The van der Waals surface area contributed by atoms with Crippen molar-refractivity contribution in [1.82, 2.24) is 9.46 Å². The van der Waals surface area contributed by atoms with Gasteiger partial charge in [-0.25, -0.2) is 8.42 Å². The average molecular weight is 324 g/mol. The van der Waals surface area contributed by atoms with Crippen molar-refractivity contribution in [3.8, 4) is 11.5 Å². The van der Waals surface area contributed by atoms with Gasteiger partial charge in [-0.15, -0.1) is 0 Å². The van der Waals surface area contributed by atoms with Crippen LogP contribution in [0, 0.1) is 13.8 Å². The second-order valence-electron chi connectivity index (χ2n) is 5.08. The molecular weight excluding hydrogens is 308 g/mol. The molecule has 1 aliphatic heterocycles. The minimum Gasteiger partial charge on any atom is -0.454 e. The second-order valence-corrected chi connectivity index (χ2v) is 7.12. The van der Waals surface area contributed by atoms with Gasteiger partial charge in [-0.3, -0.25) is 0 Å². The third kappa shape index (κ3) is 2.44. The molecule has 1 aromatic heterocycles. The summed E-state index contributed by atoms with van der Waals surface area (Å²) < 4.78 is 42.1. The van der Waals surface area contributed by atoms with E-state index in [0.717, 1.165) is 5.56 Å². The van der Waals surface area contributed by atoms with Crippen LogP contribution in [0.5, 0.6) is 11.5 Å². The first-order valence-corrected chi connectivity index (χ1v) is 8.11. The molecule has 7 nitrogen and oxygen atoms in total. The highest BCUT2D eigenvalue weighted by atomic mass is 32.2. The van der Waals surface area contributed by atoms with Crippen LogP contribution in [-0.4, -0.2) is 31.7 Å². The molecule has 0 spiro atoms. The molecule has 0 aliphatic carbocycles. The number of sulfonamides is 1. The summed E-state index contributed by atoms with van der Waals surface area (Å²) in [5.41, 5.74) is 1.46. The maximum atomic E-state index is 12.7. The third-order valence-corrected chi connectivity index (χ3v) is 5.41. The standard InChI is InChI=1S/C14H16N2O5S/c1-9-12(10(2)21-15-9)7-16(3)22(17,18)11-4-5-13-14(6-11)20-8-19-13/h4-6H,7-8H2,1-3H3. The van der Waals surface area contributed by atoms with E-state index in [1.807, 2.05) is 0 Å². The number of aromatic nitrogens is 1. The normalized spacial score (nSPS) is 13.8. The van der Waals surface area contributed by atoms with Crippen LogP contribution in [0.2, 0.25) is 0 Å². The van der Waals surface area contributed by atoms with Gasteiger partial charge < -0.3 is 14.0 Å². The van der Waals surface area contributed by atoms with Gasteiger partial charge in [0, 0.05) is 25.2 Å². The Balaban J connectivity index is 1.89. The number of hydrogen-bond acceptors (Lipinski definition) is 6. The molecule has 118 valence electrons. The van der Waals surface area contributed by atoms with Gasteiger partial charge in [0.25, 0.3) is 0 Å². The van der Waals surface area contributed by atoms with Crippen LogP contribution in [0.25, 0.3) is 0 Å². The van der Waals surface area contributed by atoms with E-state index in [4.69, 9.17) is 14.0 Å². The number of aryl methyl sites for hydroxylation is 2. The first kappa shape index (κ1) is 14.9. The van der Waals surface area contributed by atoms with Crippen LogP contribution < -0.4 is 9.47 Å². The van der Waals surface area contributed by atoms with Gasteiger partial charge in [0.05, 0.1) is 10.6 Å². The Morgan fingerprint density at radius 1 is 1.23 bits per heavy atom. The maximum Gasteiger partial charge on any atom is 0.243 e. The molecule has 2 aromatic rings. The quantitative estimate of drug-likeness (QED) is 0.853. The largest absolute Gasteiger partial charge is 0.454 e. The van der Waals surface area contributed by atoms with Crippen molar-refractivity contribution >= 4 is 10.0 Å². The van der Waals surface area contributed by atoms with Crippen LogP contribution >= 0.6 is 0 Å². The molecule has 0 unspecified atom stereocenters. The van der Waals surface area contributed by atoms with Gasteiger partial charge in [-0.05, 0) is 26.0 Å². The van der Waals surface area contributed by atoms with Gasteiger partial charge in [-0.1, -0.05) is 5.16 Å². The summed E-state index contributed by atoms with van der Waals surface area (Å²) in [5, 5.41) is 3.84. The average Bonchev–Trinajstić information content (AvgIpc) is 3.07. The zero-order valence-corrected chi connectivity index (χ0v) is 13.3. The van der Waals surface area contributed by atoms with E-state index in [1.165, 1.54) is 23.5 Å². The number of hydrogen-bond donors (Lipinski definition) is 0. The van der Waals surface area contributed by atoms with Gasteiger partial charge >= 0.3 is 0 Å². The summed E-state index contributed by atoms with van der Waals surface area (Å²) in [4.78, 5) is 0.158. The first-order chi connectivity index (χ1) is 10.4. The van der Waals surface area contributed by atoms with Crippen molar-refractivity contribution in [2.75, 3.05) is 13.8 Å². The fraction of sp³-hybridized carbons (Fsp3) is 0.357. The molecule has 1 aromatic carbocycles. The van der Waals surface area contributed by atoms with Crippen molar-refractivity contribution in [2.24, 2.45) is 0 Å². The number of ether oxygens (including phenoxy) is 2. The molecule has 0 saturated carbocycles. The lowest BCUT2D eigenvalue weighted by Gasteiger charge is -2.17. The lowest BCUT2D eigenvalue weighted by molar-refractivity contribution is 0.174. The number of benzene rings is 1. The smallest absolute Gasteiger partial charge is 0.243 e. The van der Waals surface area contributed by atoms with E-state index in [0.29, 0.717) is 23.0 Å². The highest BCUT2D eigenvalue weighted by molar-refractivity contribution is 7.89. The zero-order valence-electron chi connectivity index (χ0n) is 12.5. The minimum atomic E-state index is -3.64. The van der Waals surface area contributed by atoms with Crippen LogP contribution in [-0.2, 0) is 16.6 Å². The highest BCUT2D eigenvalue weighted by Gasteiger charge is 2.26. The summed E-state index contributed by atoms with van der Waals surface area (Å²) in [7, 11) is -2.12. The molecular formula is C14H16N2O5S. The molecule has 0 N–H and O–H groups in total. The van der Waals surface area contributed by atoms with E-state index >= 15 is 0 Å². The van der Waals surface area contributed by atoms with Gasteiger partial charge in [0.2, 0.25) is 16.8 Å². The lowest BCUT2D eigenvalue weighted by atomic mass is 10.2. The Kier molecular flexibility index (Phi) is 3.57. The van der Waals surface area contributed by atoms with E-state index < -0.39 is 10.0 Å². The second kappa shape index (κ2) is 5.29. The summed E-state index contributed by atoms with van der Waals surface area (Å²) >= 11 is 0. The molecule has 0 atom stereocenters. The molecule has 0 bridgehead atoms. The molecule has 0 radical (unpaired) electrons. The Morgan fingerprint density at radius 3 is 2.64 bits per heavy atom. The van der Waals surface area contributed by atoms with Crippen molar-refractivity contribution < 1.29 is 22.4 Å². The van der Waals surface area contributed by atoms with E-state index in [9.17, 15) is 8.42 Å². The highest BCUT2D eigenvalue weighted by Crippen LogP contribution is 2.34. The SMILES string of the molecule is Cc1noc(C)c1CN(C)S(=O)(=O)c1ccc2c(c1)OCO2. The van der Waals surface area contributed by atoms with Crippen molar-refractivity contribution in [3.05, 3.63) is 35.2 Å². The van der Waals surface area contributed by atoms with Crippen LogP contribution in [0.3, 0.4) is 0 Å². The monoisotopic (exact) mass is 324 g/mol. The van der Waals surface area contributed by atoms with Crippen molar-refractivity contribution in [2.45, 2.75) is 25.3 Å². The lowest BCUT2D eigenvalue weighted by Crippen LogP contribution is -2.26. The zero-order chi connectivity index (χ0) is 15.9. The number of rotatable bonds is 4. The predicted molar refractivity (Wildman–Crippen MR) is 77.2 cm³/mol. The van der Waals surface area contributed by atoms with Crippen molar-refractivity contribution in [1.29, 1.82) is 0 Å². The first-order valence-electron chi connectivity index (χ1n) is 6.67. The summed E-state index contributed by atoms with van der Waals surface area (Å²) in [5.74, 6) is 1.60. The summed E-state index contributed by atoms with van der Waals surface area (Å²) in [6, 6.07) is 4.58. The molecule has 3 rings (SSSR count). The van der Waals surface area contributed by atoms with E-state index in [-0.39, 0.29) is 18.2 Å². The van der Waals surface area contributed by atoms with Crippen LogP contribution in [0.1, 0.15) is 17.0 Å².